The smallest absolute Gasteiger partial charge is 0.254 e. The van der Waals surface area contributed by atoms with Crippen LogP contribution in [0.25, 0.3) is 0 Å². The average Bonchev–Trinajstić information content (AvgIpc) is 2.92. The van der Waals surface area contributed by atoms with Gasteiger partial charge in [0, 0.05) is 30.8 Å². The Morgan fingerprint density at radius 3 is 2.95 bits per heavy atom. The van der Waals surface area contributed by atoms with Gasteiger partial charge in [0.25, 0.3) is 5.91 Å². The van der Waals surface area contributed by atoms with Gasteiger partial charge in [-0.15, -0.1) is 10.2 Å². The van der Waals surface area contributed by atoms with Crippen molar-refractivity contribution in [1.82, 2.24) is 19.7 Å². The molecule has 0 unspecified atom stereocenters. The molecule has 0 radical (unpaired) electrons. The highest BCUT2D eigenvalue weighted by atomic mass is 35.5. The van der Waals surface area contributed by atoms with Crippen LogP contribution < -0.4 is 0 Å². The summed E-state index contributed by atoms with van der Waals surface area (Å²) in [7, 11) is 1.63. The number of amides is 1. The highest BCUT2D eigenvalue weighted by molar-refractivity contribution is 6.30. The van der Waals surface area contributed by atoms with Crippen LogP contribution in [0, 0.1) is 0 Å². The van der Waals surface area contributed by atoms with Gasteiger partial charge in [0.1, 0.15) is 6.61 Å². The third kappa shape index (κ3) is 2.60. The van der Waals surface area contributed by atoms with Gasteiger partial charge in [-0.3, -0.25) is 4.79 Å². The molecule has 0 N–H and O–H groups in total. The topological polar surface area (TPSA) is 60.3 Å². The van der Waals surface area contributed by atoms with Gasteiger partial charge in [0.2, 0.25) is 0 Å². The molecule has 0 saturated carbocycles. The quantitative estimate of drug-likeness (QED) is 0.870. The lowest BCUT2D eigenvalue weighted by molar-refractivity contribution is 0.0632. The minimum absolute atomic E-state index is 0.0439. The Morgan fingerprint density at radius 1 is 1.41 bits per heavy atom. The Labute approximate surface area is 133 Å². The van der Waals surface area contributed by atoms with Gasteiger partial charge < -0.3 is 14.2 Å². The van der Waals surface area contributed by atoms with E-state index in [2.05, 4.69) is 10.2 Å². The van der Waals surface area contributed by atoms with Gasteiger partial charge in [0.05, 0.1) is 6.04 Å². The number of methoxy groups -OCH3 is 1. The molecule has 1 aromatic carbocycles. The van der Waals surface area contributed by atoms with Crippen LogP contribution in [0.4, 0.5) is 0 Å². The molecule has 1 atom stereocenters. The van der Waals surface area contributed by atoms with Crippen molar-refractivity contribution in [3.05, 3.63) is 46.5 Å². The van der Waals surface area contributed by atoms with Crippen molar-refractivity contribution in [2.24, 2.45) is 0 Å². The van der Waals surface area contributed by atoms with Crippen molar-refractivity contribution >= 4 is 17.5 Å². The molecule has 7 heteroatoms. The second-order valence-electron chi connectivity index (χ2n) is 5.24. The molecular weight excluding hydrogens is 304 g/mol. The van der Waals surface area contributed by atoms with Crippen LogP contribution in [-0.4, -0.2) is 39.2 Å². The van der Waals surface area contributed by atoms with Crippen LogP contribution in [0.2, 0.25) is 5.02 Å². The number of hydrogen-bond donors (Lipinski definition) is 0. The van der Waals surface area contributed by atoms with Gasteiger partial charge >= 0.3 is 0 Å². The summed E-state index contributed by atoms with van der Waals surface area (Å²) in [6.07, 6.45) is 0. The molecule has 0 spiro atoms. The molecule has 6 nitrogen and oxygen atoms in total. The fraction of sp³-hybridized carbons (Fsp3) is 0.400. The number of nitrogens with zero attached hydrogens (tertiary/aromatic N) is 4. The van der Waals surface area contributed by atoms with Crippen molar-refractivity contribution in [1.29, 1.82) is 0 Å². The molecule has 0 aliphatic carbocycles. The number of benzene rings is 1. The van der Waals surface area contributed by atoms with Crippen LogP contribution >= 0.6 is 11.6 Å². The van der Waals surface area contributed by atoms with Crippen molar-refractivity contribution in [3.8, 4) is 0 Å². The van der Waals surface area contributed by atoms with Gasteiger partial charge in [0.15, 0.2) is 11.6 Å². The Kier molecular flexibility index (Phi) is 4.13. The lowest BCUT2D eigenvalue weighted by Gasteiger charge is -2.33. The Hall–Kier alpha value is -1.92. The lowest BCUT2D eigenvalue weighted by atomic mass is 10.1. The van der Waals surface area contributed by atoms with Crippen LogP contribution in [-0.2, 0) is 17.9 Å². The molecule has 0 bridgehead atoms. The number of aromatic nitrogens is 3. The molecule has 2 aromatic rings. The zero-order valence-electron chi connectivity index (χ0n) is 12.5. The fourth-order valence-corrected chi connectivity index (χ4v) is 2.93. The van der Waals surface area contributed by atoms with E-state index in [1.54, 1.807) is 36.3 Å². The van der Waals surface area contributed by atoms with Crippen molar-refractivity contribution in [3.63, 3.8) is 0 Å². The van der Waals surface area contributed by atoms with Gasteiger partial charge in [-0.2, -0.15) is 0 Å². The van der Waals surface area contributed by atoms with Crippen LogP contribution in [0.5, 0.6) is 0 Å². The summed E-state index contributed by atoms with van der Waals surface area (Å²) < 4.78 is 7.15. The van der Waals surface area contributed by atoms with Gasteiger partial charge in [-0.1, -0.05) is 17.7 Å². The predicted octanol–water partition coefficient (Wildman–Crippen LogP) is 2.29. The summed E-state index contributed by atoms with van der Waals surface area (Å²) in [4.78, 5) is 14.5. The summed E-state index contributed by atoms with van der Waals surface area (Å²) in [6, 6.07) is 6.86. The van der Waals surface area contributed by atoms with Crippen LogP contribution in [0.15, 0.2) is 24.3 Å². The monoisotopic (exact) mass is 320 g/mol. The van der Waals surface area contributed by atoms with E-state index in [1.165, 1.54) is 0 Å². The second kappa shape index (κ2) is 6.06. The van der Waals surface area contributed by atoms with Gasteiger partial charge in [-0.05, 0) is 25.1 Å². The number of ether oxygens (including phenoxy) is 1. The molecule has 22 heavy (non-hydrogen) atoms. The van der Waals surface area contributed by atoms with E-state index in [9.17, 15) is 4.79 Å². The first-order valence-electron chi connectivity index (χ1n) is 7.09. The lowest BCUT2D eigenvalue weighted by Crippen LogP contribution is -2.41. The van der Waals surface area contributed by atoms with E-state index in [0.717, 1.165) is 11.6 Å². The molecule has 1 aliphatic rings. The van der Waals surface area contributed by atoms with Gasteiger partial charge in [-0.25, -0.2) is 0 Å². The maximum Gasteiger partial charge on any atom is 0.254 e. The zero-order valence-corrected chi connectivity index (χ0v) is 13.2. The number of rotatable bonds is 3. The summed E-state index contributed by atoms with van der Waals surface area (Å²) >= 11 is 5.97. The highest BCUT2D eigenvalue weighted by Crippen LogP contribution is 2.26. The van der Waals surface area contributed by atoms with E-state index in [4.69, 9.17) is 16.3 Å². The van der Waals surface area contributed by atoms with E-state index in [1.807, 2.05) is 11.5 Å². The summed E-state index contributed by atoms with van der Waals surface area (Å²) in [5.41, 5.74) is 0.587. The zero-order chi connectivity index (χ0) is 15.7. The normalized spacial score (nSPS) is 17.4. The molecule has 116 valence electrons. The molecule has 1 amide bonds. The number of hydrogen-bond acceptors (Lipinski definition) is 4. The largest absolute Gasteiger partial charge is 0.377 e. The summed E-state index contributed by atoms with van der Waals surface area (Å²) in [5.74, 6) is 1.53. The summed E-state index contributed by atoms with van der Waals surface area (Å²) in [5, 5.41) is 8.92. The Bertz CT molecular complexity index is 701. The van der Waals surface area contributed by atoms with E-state index in [-0.39, 0.29) is 11.9 Å². The maximum atomic E-state index is 12.7. The highest BCUT2D eigenvalue weighted by Gasteiger charge is 2.31. The molecule has 0 fully saturated rings. The standard InChI is InChI=1S/C15H17ClN4O2/c1-10-14-18-17-13(9-22-2)20(14)7-6-19(10)15(21)11-4-3-5-12(16)8-11/h3-5,8,10H,6-7,9H2,1-2H3/t10-/m0/s1. The third-order valence-corrected chi connectivity index (χ3v) is 4.10. The maximum absolute atomic E-state index is 12.7. The van der Waals surface area contributed by atoms with Crippen molar-refractivity contribution < 1.29 is 9.53 Å². The fourth-order valence-electron chi connectivity index (χ4n) is 2.74. The van der Waals surface area contributed by atoms with Crippen LogP contribution in [0.3, 0.4) is 0 Å². The Morgan fingerprint density at radius 2 is 2.23 bits per heavy atom. The first kappa shape index (κ1) is 15.0. The first-order chi connectivity index (χ1) is 10.6. The SMILES string of the molecule is COCc1nnc2n1CCN(C(=O)c1cccc(Cl)c1)[C@H]2C. The minimum atomic E-state index is -0.140. The minimum Gasteiger partial charge on any atom is -0.377 e. The van der Waals surface area contributed by atoms with E-state index >= 15 is 0 Å². The third-order valence-electron chi connectivity index (χ3n) is 3.87. The van der Waals surface area contributed by atoms with E-state index < -0.39 is 0 Å². The summed E-state index contributed by atoms with van der Waals surface area (Å²) in [6.45, 7) is 3.65. The number of carbonyl (C=O) groups is 1. The molecule has 0 saturated heterocycles. The molecule has 3 rings (SSSR count). The van der Waals surface area contributed by atoms with Crippen molar-refractivity contribution in [2.75, 3.05) is 13.7 Å². The molecule has 1 aliphatic heterocycles. The number of fused-ring (bicyclic) bond motifs is 1. The van der Waals surface area contributed by atoms with E-state index in [0.29, 0.717) is 30.3 Å². The number of carbonyl (C=O) groups excluding carboxylic acids is 1. The second-order valence-corrected chi connectivity index (χ2v) is 5.68. The molecular formula is C15H17ClN4O2. The first-order valence-corrected chi connectivity index (χ1v) is 7.47. The average molecular weight is 321 g/mol. The van der Waals surface area contributed by atoms with Crippen LogP contribution in [0.1, 0.15) is 35.0 Å². The Balaban J connectivity index is 1.86. The molecule has 1 aromatic heterocycles. The predicted molar refractivity (Wildman–Crippen MR) is 81.6 cm³/mol. The van der Waals surface area contributed by atoms with Crippen molar-refractivity contribution in [2.45, 2.75) is 26.1 Å². The molecule has 2 heterocycles. The number of halogens is 1.